The molecule has 128 valence electrons. The first-order valence-electron chi connectivity index (χ1n) is 9.31. The van der Waals surface area contributed by atoms with Gasteiger partial charge in [-0.15, -0.1) is 0 Å². The third kappa shape index (κ3) is 3.99. The van der Waals surface area contributed by atoms with E-state index in [4.69, 9.17) is 0 Å². The lowest BCUT2D eigenvalue weighted by Gasteiger charge is -2.32. The Morgan fingerprint density at radius 3 is 2.70 bits per heavy atom. The molecule has 23 heavy (non-hydrogen) atoms. The molecule has 1 fully saturated rings. The number of piperazine rings is 1. The minimum absolute atomic E-state index is 0.552. The highest BCUT2D eigenvalue weighted by atomic mass is 16.3. The minimum atomic E-state index is 0.552. The Balaban J connectivity index is 1.72. The molecule has 0 aromatic heterocycles. The van der Waals surface area contributed by atoms with Gasteiger partial charge in [0.1, 0.15) is 5.75 Å². The molecule has 0 saturated carbocycles. The zero-order chi connectivity index (χ0) is 16.1. The molecule has 1 saturated heterocycles. The Hall–Kier alpha value is -1.26. The summed E-state index contributed by atoms with van der Waals surface area (Å²) in [5.74, 6) is 0.552. The normalized spacial score (nSPS) is 18.7. The lowest BCUT2D eigenvalue weighted by atomic mass is 9.90. The zero-order valence-corrected chi connectivity index (χ0v) is 14.5. The van der Waals surface area contributed by atoms with E-state index in [0.717, 1.165) is 70.8 Å². The van der Waals surface area contributed by atoms with Gasteiger partial charge in [-0.2, -0.15) is 0 Å². The molecule has 0 bridgehead atoms. The van der Waals surface area contributed by atoms with Gasteiger partial charge >= 0.3 is 0 Å². The number of rotatable bonds is 6. The summed E-state index contributed by atoms with van der Waals surface area (Å²) in [6, 6.07) is 4.39. The Kier molecular flexibility index (Phi) is 5.79. The predicted octanol–water partition coefficient (Wildman–Crippen LogP) is 2.39. The van der Waals surface area contributed by atoms with Crippen molar-refractivity contribution >= 4 is 5.69 Å². The van der Waals surface area contributed by atoms with E-state index in [1.165, 1.54) is 24.0 Å². The van der Waals surface area contributed by atoms with Crippen LogP contribution in [0.25, 0.3) is 0 Å². The Morgan fingerprint density at radius 1 is 1.13 bits per heavy atom. The average molecular weight is 317 g/mol. The van der Waals surface area contributed by atoms with E-state index in [0.29, 0.717) is 5.75 Å². The summed E-state index contributed by atoms with van der Waals surface area (Å²) in [5, 5.41) is 14.2. The van der Waals surface area contributed by atoms with Crippen molar-refractivity contribution in [1.82, 2.24) is 10.2 Å². The lowest BCUT2D eigenvalue weighted by molar-refractivity contribution is 0.245. The van der Waals surface area contributed by atoms with E-state index in [9.17, 15) is 5.11 Å². The average Bonchev–Trinajstić information content (AvgIpc) is 2.60. The van der Waals surface area contributed by atoms with Crippen LogP contribution in [0, 0.1) is 0 Å². The van der Waals surface area contributed by atoms with E-state index in [2.05, 4.69) is 34.2 Å². The van der Waals surface area contributed by atoms with E-state index < -0.39 is 0 Å². The van der Waals surface area contributed by atoms with E-state index in [-0.39, 0.29) is 0 Å². The summed E-state index contributed by atoms with van der Waals surface area (Å²) in [5.41, 5.74) is 3.61. The number of phenols is 1. The van der Waals surface area contributed by atoms with Crippen LogP contribution in [0.3, 0.4) is 0 Å². The topological polar surface area (TPSA) is 38.7 Å². The van der Waals surface area contributed by atoms with Crippen LogP contribution in [0.2, 0.25) is 0 Å². The van der Waals surface area contributed by atoms with Crippen molar-refractivity contribution in [2.45, 2.75) is 39.0 Å². The number of benzene rings is 1. The zero-order valence-electron chi connectivity index (χ0n) is 14.5. The molecule has 0 spiro atoms. The quantitative estimate of drug-likeness (QED) is 0.845. The molecular weight excluding hydrogens is 286 g/mol. The third-order valence-electron chi connectivity index (χ3n) is 5.21. The van der Waals surface area contributed by atoms with Gasteiger partial charge in [0, 0.05) is 45.8 Å². The SMILES string of the molecule is CCCN(CCN1CCNCC1)c1ccc2c(c1O)CCCC2. The number of anilines is 1. The van der Waals surface area contributed by atoms with E-state index in [1.807, 2.05) is 0 Å². The van der Waals surface area contributed by atoms with Crippen LogP contribution in [-0.2, 0) is 12.8 Å². The largest absolute Gasteiger partial charge is 0.505 e. The van der Waals surface area contributed by atoms with Crippen LogP contribution in [0.5, 0.6) is 5.75 Å². The van der Waals surface area contributed by atoms with Crippen LogP contribution in [0.4, 0.5) is 5.69 Å². The highest BCUT2D eigenvalue weighted by Gasteiger charge is 2.20. The van der Waals surface area contributed by atoms with Crippen LogP contribution in [-0.4, -0.2) is 55.8 Å². The number of hydrogen-bond acceptors (Lipinski definition) is 4. The first-order valence-corrected chi connectivity index (χ1v) is 9.31. The van der Waals surface area contributed by atoms with Gasteiger partial charge < -0.3 is 15.3 Å². The summed E-state index contributed by atoms with van der Waals surface area (Å²) in [7, 11) is 0. The fraction of sp³-hybridized carbons (Fsp3) is 0.684. The molecule has 2 N–H and O–H groups in total. The number of aromatic hydroxyl groups is 1. The lowest BCUT2D eigenvalue weighted by Crippen LogP contribution is -2.46. The van der Waals surface area contributed by atoms with Crippen LogP contribution in [0.1, 0.15) is 37.3 Å². The van der Waals surface area contributed by atoms with Crippen LogP contribution < -0.4 is 10.2 Å². The van der Waals surface area contributed by atoms with Crippen molar-refractivity contribution in [3.8, 4) is 5.75 Å². The van der Waals surface area contributed by atoms with E-state index >= 15 is 0 Å². The summed E-state index contributed by atoms with van der Waals surface area (Å²) >= 11 is 0. The molecule has 2 aliphatic rings. The van der Waals surface area contributed by atoms with Crippen LogP contribution in [0.15, 0.2) is 12.1 Å². The summed E-state index contributed by atoms with van der Waals surface area (Å²) in [6.45, 7) is 9.77. The number of nitrogens with zero attached hydrogens (tertiary/aromatic N) is 2. The monoisotopic (exact) mass is 317 g/mol. The fourth-order valence-corrected chi connectivity index (χ4v) is 3.87. The maximum atomic E-state index is 10.8. The van der Waals surface area contributed by atoms with Gasteiger partial charge in [0.05, 0.1) is 5.69 Å². The standard InChI is InChI=1S/C19H31N3O/c1-2-11-22(15-14-21-12-9-20-10-13-21)18-8-7-16-5-3-4-6-17(16)19(18)23/h7-8,20,23H,2-6,9-15H2,1H3. The number of hydrogen-bond donors (Lipinski definition) is 2. The van der Waals surface area contributed by atoms with Crippen molar-refractivity contribution in [1.29, 1.82) is 0 Å². The fourth-order valence-electron chi connectivity index (χ4n) is 3.87. The van der Waals surface area contributed by atoms with Crippen LogP contribution >= 0.6 is 0 Å². The predicted molar refractivity (Wildman–Crippen MR) is 96.6 cm³/mol. The molecular formula is C19H31N3O. The molecule has 1 heterocycles. The molecule has 3 rings (SSSR count). The first kappa shape index (κ1) is 16.6. The van der Waals surface area contributed by atoms with Crippen molar-refractivity contribution in [2.75, 3.05) is 50.7 Å². The minimum Gasteiger partial charge on any atom is -0.505 e. The number of fused-ring (bicyclic) bond motifs is 1. The van der Waals surface area contributed by atoms with Gasteiger partial charge in [0.25, 0.3) is 0 Å². The van der Waals surface area contributed by atoms with Gasteiger partial charge in [-0.1, -0.05) is 13.0 Å². The molecule has 1 aliphatic heterocycles. The maximum absolute atomic E-state index is 10.8. The van der Waals surface area contributed by atoms with Gasteiger partial charge in [0.15, 0.2) is 0 Å². The molecule has 0 atom stereocenters. The summed E-state index contributed by atoms with van der Waals surface area (Å²) < 4.78 is 0. The molecule has 1 aromatic rings. The number of aryl methyl sites for hydroxylation is 1. The number of nitrogens with one attached hydrogen (secondary N) is 1. The highest BCUT2D eigenvalue weighted by Crippen LogP contribution is 2.37. The second-order valence-corrected chi connectivity index (χ2v) is 6.86. The van der Waals surface area contributed by atoms with Crippen molar-refractivity contribution in [3.63, 3.8) is 0 Å². The third-order valence-corrected chi connectivity index (χ3v) is 5.21. The summed E-state index contributed by atoms with van der Waals surface area (Å²) in [4.78, 5) is 4.90. The van der Waals surface area contributed by atoms with Crippen molar-refractivity contribution in [2.24, 2.45) is 0 Å². The smallest absolute Gasteiger partial charge is 0.142 e. The molecule has 4 nitrogen and oxygen atoms in total. The molecule has 4 heteroatoms. The van der Waals surface area contributed by atoms with Gasteiger partial charge in [0.2, 0.25) is 0 Å². The second-order valence-electron chi connectivity index (χ2n) is 6.86. The van der Waals surface area contributed by atoms with Gasteiger partial charge in [-0.3, -0.25) is 4.90 Å². The van der Waals surface area contributed by atoms with Crippen molar-refractivity contribution < 1.29 is 5.11 Å². The molecule has 0 amide bonds. The highest BCUT2D eigenvalue weighted by molar-refractivity contribution is 5.63. The summed E-state index contributed by atoms with van der Waals surface area (Å²) in [6.07, 6.45) is 5.73. The Morgan fingerprint density at radius 2 is 1.91 bits per heavy atom. The molecule has 0 radical (unpaired) electrons. The number of phenolic OH excluding ortho intramolecular Hbond substituents is 1. The van der Waals surface area contributed by atoms with Gasteiger partial charge in [-0.05, 0) is 49.3 Å². The first-order chi connectivity index (χ1) is 11.3. The molecule has 0 unspecified atom stereocenters. The van der Waals surface area contributed by atoms with E-state index in [1.54, 1.807) is 0 Å². The Labute approximate surface area is 140 Å². The molecule has 1 aromatic carbocycles. The maximum Gasteiger partial charge on any atom is 0.142 e. The Bertz CT molecular complexity index is 512. The second kappa shape index (κ2) is 8.02. The van der Waals surface area contributed by atoms with Gasteiger partial charge in [-0.25, -0.2) is 0 Å². The van der Waals surface area contributed by atoms with Crippen molar-refractivity contribution in [3.05, 3.63) is 23.3 Å². The molecule has 1 aliphatic carbocycles.